The second-order valence-corrected chi connectivity index (χ2v) is 6.28. The minimum atomic E-state index is -0.484. The first-order chi connectivity index (χ1) is 14.0. The number of hydrogen-bond donors (Lipinski definition) is 0. The number of rotatable bonds is 7. The number of Topliss-reactive ketones (excluding diaryl/α,β-unsaturated/α-hetero) is 1. The predicted octanol–water partition coefficient (Wildman–Crippen LogP) is 3.89. The van der Waals surface area contributed by atoms with Gasteiger partial charge in [0.15, 0.2) is 23.8 Å². The number of ether oxygens (including phenoxy) is 2. The van der Waals surface area contributed by atoms with Crippen molar-refractivity contribution in [2.75, 3.05) is 25.2 Å². The van der Waals surface area contributed by atoms with E-state index in [0.717, 1.165) is 0 Å². The summed E-state index contributed by atoms with van der Waals surface area (Å²) in [5.74, 6) is 0.297. The van der Waals surface area contributed by atoms with Crippen molar-refractivity contribution in [2.24, 2.45) is 0 Å². The molecule has 2 heterocycles. The maximum Gasteiger partial charge on any atom is 0.415 e. The van der Waals surface area contributed by atoms with Gasteiger partial charge in [0.1, 0.15) is 11.6 Å². The maximum atomic E-state index is 13.0. The Kier molecular flexibility index (Phi) is 6.11. The lowest BCUT2D eigenvalue weighted by Crippen LogP contribution is -2.29. The SMILES string of the molecule is CCOC(=O)N(C)c1c(CC)nc2c(OCC(=O)c3ccc(F)cc3)cccn12. The van der Waals surface area contributed by atoms with E-state index in [9.17, 15) is 14.0 Å². The molecule has 2 aromatic heterocycles. The summed E-state index contributed by atoms with van der Waals surface area (Å²) < 4.78 is 25.5. The molecular weight excluding hydrogens is 377 g/mol. The number of aryl methyl sites for hydroxylation is 1. The predicted molar refractivity (Wildman–Crippen MR) is 106 cm³/mol. The Labute approximate surface area is 167 Å². The number of aromatic nitrogens is 2. The number of carbonyl (C=O) groups is 2. The average molecular weight is 399 g/mol. The van der Waals surface area contributed by atoms with Gasteiger partial charge < -0.3 is 9.47 Å². The van der Waals surface area contributed by atoms with E-state index in [1.54, 1.807) is 36.7 Å². The normalized spacial score (nSPS) is 10.8. The van der Waals surface area contributed by atoms with Crippen LogP contribution in [0, 0.1) is 5.82 Å². The van der Waals surface area contributed by atoms with Crippen LogP contribution in [0.4, 0.5) is 15.0 Å². The van der Waals surface area contributed by atoms with E-state index >= 15 is 0 Å². The Balaban J connectivity index is 1.89. The zero-order valence-corrected chi connectivity index (χ0v) is 16.5. The highest BCUT2D eigenvalue weighted by Crippen LogP contribution is 2.28. The zero-order valence-electron chi connectivity index (χ0n) is 16.5. The Morgan fingerprint density at radius 3 is 2.55 bits per heavy atom. The second kappa shape index (κ2) is 8.72. The summed E-state index contributed by atoms with van der Waals surface area (Å²) in [6.07, 6.45) is 1.87. The van der Waals surface area contributed by atoms with Crippen LogP contribution in [0.15, 0.2) is 42.6 Å². The topological polar surface area (TPSA) is 73.1 Å². The van der Waals surface area contributed by atoms with E-state index in [2.05, 4.69) is 4.98 Å². The summed E-state index contributed by atoms with van der Waals surface area (Å²) in [7, 11) is 1.62. The molecule has 1 amide bonds. The standard InChI is InChI=1S/C21H22FN3O4/c1-4-16-20(24(3)21(27)28-5-2)25-12-6-7-18(19(25)23-16)29-13-17(26)14-8-10-15(22)11-9-14/h6-12H,4-5,13H2,1-3H3. The molecule has 0 aliphatic rings. The van der Waals surface area contributed by atoms with Gasteiger partial charge in [-0.05, 0) is 49.7 Å². The number of hydrogen-bond acceptors (Lipinski definition) is 5. The molecule has 0 spiro atoms. The first-order valence-electron chi connectivity index (χ1n) is 9.28. The molecule has 29 heavy (non-hydrogen) atoms. The van der Waals surface area contributed by atoms with Crippen molar-refractivity contribution in [1.29, 1.82) is 0 Å². The van der Waals surface area contributed by atoms with Crippen molar-refractivity contribution in [3.63, 3.8) is 0 Å². The van der Waals surface area contributed by atoms with Crippen LogP contribution in [0.5, 0.6) is 5.75 Å². The molecule has 7 nitrogen and oxygen atoms in total. The van der Waals surface area contributed by atoms with Gasteiger partial charge in [-0.15, -0.1) is 0 Å². The van der Waals surface area contributed by atoms with Crippen LogP contribution >= 0.6 is 0 Å². The molecule has 0 N–H and O–H groups in total. The van der Waals surface area contributed by atoms with Crippen LogP contribution in [0.1, 0.15) is 29.9 Å². The number of imidazole rings is 1. The van der Waals surface area contributed by atoms with Crippen molar-refractivity contribution in [3.05, 3.63) is 59.7 Å². The van der Waals surface area contributed by atoms with Gasteiger partial charge in [-0.25, -0.2) is 14.2 Å². The van der Waals surface area contributed by atoms with Gasteiger partial charge in [0.25, 0.3) is 0 Å². The molecule has 0 bridgehead atoms. The number of benzene rings is 1. The van der Waals surface area contributed by atoms with Gasteiger partial charge in [-0.3, -0.25) is 14.1 Å². The van der Waals surface area contributed by atoms with E-state index in [1.807, 2.05) is 6.92 Å². The van der Waals surface area contributed by atoms with Crippen LogP contribution in [0.25, 0.3) is 5.65 Å². The largest absolute Gasteiger partial charge is 0.482 e. The minimum absolute atomic E-state index is 0.220. The lowest BCUT2D eigenvalue weighted by Gasteiger charge is -2.17. The smallest absolute Gasteiger partial charge is 0.415 e. The van der Waals surface area contributed by atoms with Gasteiger partial charge in [0.05, 0.1) is 12.3 Å². The average Bonchev–Trinajstić information content (AvgIpc) is 3.11. The summed E-state index contributed by atoms with van der Waals surface area (Å²) in [6, 6.07) is 8.74. The fraction of sp³-hybridized carbons (Fsp3) is 0.286. The third-order valence-corrected chi connectivity index (χ3v) is 4.38. The van der Waals surface area contributed by atoms with Crippen molar-refractivity contribution >= 4 is 23.3 Å². The summed E-state index contributed by atoms with van der Waals surface area (Å²) >= 11 is 0. The molecule has 8 heteroatoms. The number of halogens is 1. The monoisotopic (exact) mass is 399 g/mol. The Morgan fingerprint density at radius 2 is 1.90 bits per heavy atom. The highest BCUT2D eigenvalue weighted by Gasteiger charge is 2.22. The molecule has 0 aliphatic heterocycles. The fourth-order valence-corrected chi connectivity index (χ4v) is 2.95. The molecule has 0 saturated heterocycles. The summed E-state index contributed by atoms with van der Waals surface area (Å²) in [6.45, 7) is 3.72. The van der Waals surface area contributed by atoms with Crippen molar-refractivity contribution in [2.45, 2.75) is 20.3 Å². The van der Waals surface area contributed by atoms with Crippen LogP contribution in [0.2, 0.25) is 0 Å². The highest BCUT2D eigenvalue weighted by atomic mass is 19.1. The van der Waals surface area contributed by atoms with Crippen LogP contribution in [-0.2, 0) is 11.2 Å². The molecule has 0 aliphatic carbocycles. The lowest BCUT2D eigenvalue weighted by atomic mass is 10.1. The van der Waals surface area contributed by atoms with E-state index in [0.29, 0.717) is 34.9 Å². The number of carbonyl (C=O) groups excluding carboxylic acids is 2. The molecule has 0 unspecified atom stereocenters. The van der Waals surface area contributed by atoms with E-state index in [1.165, 1.54) is 29.2 Å². The quantitative estimate of drug-likeness (QED) is 0.564. The van der Waals surface area contributed by atoms with Gasteiger partial charge in [-0.2, -0.15) is 0 Å². The molecule has 0 radical (unpaired) electrons. The summed E-state index contributed by atoms with van der Waals surface area (Å²) in [5.41, 5.74) is 1.54. The van der Waals surface area contributed by atoms with Gasteiger partial charge in [-0.1, -0.05) is 6.92 Å². The molecule has 3 aromatic rings. The molecule has 0 fully saturated rings. The van der Waals surface area contributed by atoms with Crippen molar-refractivity contribution < 1.29 is 23.5 Å². The lowest BCUT2D eigenvalue weighted by molar-refractivity contribution is 0.0922. The van der Waals surface area contributed by atoms with E-state index in [4.69, 9.17) is 9.47 Å². The summed E-state index contributed by atoms with van der Waals surface area (Å²) in [5, 5.41) is 0. The number of ketones is 1. The van der Waals surface area contributed by atoms with Crippen LogP contribution in [-0.4, -0.2) is 41.5 Å². The van der Waals surface area contributed by atoms with Gasteiger partial charge in [0, 0.05) is 18.8 Å². The van der Waals surface area contributed by atoms with Gasteiger partial charge in [0.2, 0.25) is 0 Å². The molecule has 1 aromatic carbocycles. The Bertz CT molecular complexity index is 1030. The number of fused-ring (bicyclic) bond motifs is 1. The van der Waals surface area contributed by atoms with Crippen LogP contribution < -0.4 is 9.64 Å². The Morgan fingerprint density at radius 1 is 1.17 bits per heavy atom. The van der Waals surface area contributed by atoms with Crippen LogP contribution in [0.3, 0.4) is 0 Å². The molecule has 3 rings (SSSR count). The Hall–Kier alpha value is -3.42. The number of anilines is 1. The number of pyridine rings is 1. The van der Waals surface area contributed by atoms with Crippen molar-refractivity contribution in [3.8, 4) is 5.75 Å². The minimum Gasteiger partial charge on any atom is -0.482 e. The van der Waals surface area contributed by atoms with Gasteiger partial charge >= 0.3 is 6.09 Å². The number of amides is 1. The third-order valence-electron chi connectivity index (χ3n) is 4.38. The first kappa shape index (κ1) is 20.3. The molecule has 0 saturated carbocycles. The highest BCUT2D eigenvalue weighted by molar-refractivity contribution is 5.97. The number of nitrogens with zero attached hydrogens (tertiary/aromatic N) is 3. The van der Waals surface area contributed by atoms with E-state index < -0.39 is 11.9 Å². The molecular formula is C21H22FN3O4. The van der Waals surface area contributed by atoms with Crippen molar-refractivity contribution in [1.82, 2.24) is 9.38 Å². The summed E-state index contributed by atoms with van der Waals surface area (Å²) in [4.78, 5) is 30.5. The third kappa shape index (κ3) is 4.21. The second-order valence-electron chi connectivity index (χ2n) is 6.28. The first-order valence-corrected chi connectivity index (χ1v) is 9.28. The molecule has 0 atom stereocenters. The van der Waals surface area contributed by atoms with E-state index in [-0.39, 0.29) is 19.0 Å². The zero-order chi connectivity index (χ0) is 21.0. The maximum absolute atomic E-state index is 13.0. The fourth-order valence-electron chi connectivity index (χ4n) is 2.95. The molecule has 152 valence electrons.